The smallest absolute Gasteiger partial charge is 0.163 e. The van der Waals surface area contributed by atoms with Gasteiger partial charge in [0.2, 0.25) is 0 Å². The molecule has 0 bridgehead atoms. The van der Waals surface area contributed by atoms with Crippen LogP contribution in [0.25, 0.3) is 33.9 Å². The van der Waals surface area contributed by atoms with Gasteiger partial charge >= 0.3 is 0 Å². The molecule has 0 saturated carbocycles. The lowest BCUT2D eigenvalue weighted by molar-refractivity contribution is 1.04. The highest BCUT2D eigenvalue weighted by Gasteiger charge is 2.22. The van der Waals surface area contributed by atoms with Gasteiger partial charge in [0.05, 0.1) is 0 Å². The Balaban J connectivity index is 1.54. The average Bonchev–Trinajstić information content (AvgIpc) is 2.92. The van der Waals surface area contributed by atoms with Crippen LogP contribution in [0.3, 0.4) is 0 Å². The molecule has 5 rings (SSSR count). The van der Waals surface area contributed by atoms with E-state index in [2.05, 4.69) is 138 Å². The van der Waals surface area contributed by atoms with Crippen LogP contribution in [-0.4, -0.2) is 22.0 Å². The maximum absolute atomic E-state index is 4.99. The maximum atomic E-state index is 4.99. The number of benzene rings is 4. The van der Waals surface area contributed by atoms with Gasteiger partial charge in [-0.3, -0.25) is 0 Å². The average molecular weight is 527 g/mol. The fourth-order valence-electron chi connectivity index (χ4n) is 5.98. The standard InChI is InChI=1S/C36H38N4/c1-21-17-22(2)19-30(18-21)29-13-15-31(16-14-29)40(9)34-27(7)25(5)33(26(6)28(34)8)36-38-20-37-35(39-36)32-23(3)11-10-12-24(32)4/h10-20H,1-9H3. The minimum absolute atomic E-state index is 0.722. The maximum Gasteiger partial charge on any atom is 0.163 e. The van der Waals surface area contributed by atoms with Crippen LogP contribution in [0.4, 0.5) is 11.4 Å². The van der Waals surface area contributed by atoms with Gasteiger partial charge in [-0.05, 0) is 112 Å². The number of aryl methyl sites for hydroxylation is 4. The molecule has 40 heavy (non-hydrogen) atoms. The van der Waals surface area contributed by atoms with Crippen LogP contribution in [0.5, 0.6) is 0 Å². The minimum Gasteiger partial charge on any atom is -0.344 e. The molecule has 4 heteroatoms. The van der Waals surface area contributed by atoms with Crippen molar-refractivity contribution in [2.45, 2.75) is 55.4 Å². The Hall–Kier alpha value is -4.31. The first-order valence-electron chi connectivity index (χ1n) is 13.9. The monoisotopic (exact) mass is 526 g/mol. The highest BCUT2D eigenvalue weighted by Crippen LogP contribution is 2.40. The molecule has 0 spiro atoms. The number of nitrogens with zero attached hydrogens (tertiary/aromatic N) is 4. The second-order valence-electron chi connectivity index (χ2n) is 11.1. The number of rotatable bonds is 5. The summed E-state index contributed by atoms with van der Waals surface area (Å²) >= 11 is 0. The van der Waals surface area contributed by atoms with Crippen molar-refractivity contribution in [3.05, 3.63) is 111 Å². The van der Waals surface area contributed by atoms with Crippen LogP contribution in [-0.2, 0) is 0 Å². The van der Waals surface area contributed by atoms with Crippen LogP contribution >= 0.6 is 0 Å². The zero-order chi connectivity index (χ0) is 28.7. The zero-order valence-corrected chi connectivity index (χ0v) is 25.1. The summed E-state index contributed by atoms with van der Waals surface area (Å²) in [5.74, 6) is 1.45. The first-order valence-corrected chi connectivity index (χ1v) is 13.9. The molecule has 0 aliphatic carbocycles. The van der Waals surface area contributed by atoms with Gasteiger partial charge in [0.1, 0.15) is 6.33 Å². The van der Waals surface area contributed by atoms with Crippen molar-refractivity contribution in [2.75, 3.05) is 11.9 Å². The summed E-state index contributed by atoms with van der Waals surface area (Å²) in [5.41, 5.74) is 16.8. The molecule has 5 aromatic rings. The first-order chi connectivity index (χ1) is 19.1. The van der Waals surface area contributed by atoms with E-state index in [4.69, 9.17) is 4.98 Å². The van der Waals surface area contributed by atoms with Crippen molar-refractivity contribution in [1.29, 1.82) is 0 Å². The molecule has 4 nitrogen and oxygen atoms in total. The van der Waals surface area contributed by atoms with Gasteiger partial charge in [-0.2, -0.15) is 0 Å². The van der Waals surface area contributed by atoms with Gasteiger partial charge in [0, 0.05) is 29.5 Å². The van der Waals surface area contributed by atoms with Crippen LogP contribution in [0.2, 0.25) is 0 Å². The van der Waals surface area contributed by atoms with E-state index in [1.165, 1.54) is 61.3 Å². The van der Waals surface area contributed by atoms with Gasteiger partial charge < -0.3 is 4.90 Å². The number of hydrogen-bond acceptors (Lipinski definition) is 4. The number of hydrogen-bond donors (Lipinski definition) is 0. The fraction of sp³-hybridized carbons (Fsp3) is 0.250. The minimum atomic E-state index is 0.722. The fourth-order valence-corrected chi connectivity index (χ4v) is 5.98. The summed E-state index contributed by atoms with van der Waals surface area (Å²) in [6, 6.07) is 21.9. The van der Waals surface area contributed by atoms with Crippen LogP contribution in [0, 0.1) is 55.4 Å². The summed E-state index contributed by atoms with van der Waals surface area (Å²) in [5, 5.41) is 0. The van der Waals surface area contributed by atoms with Gasteiger partial charge in [-0.15, -0.1) is 0 Å². The van der Waals surface area contributed by atoms with E-state index in [1.807, 2.05) is 0 Å². The van der Waals surface area contributed by atoms with Crippen molar-refractivity contribution in [2.24, 2.45) is 0 Å². The molecule has 0 amide bonds. The molecule has 1 heterocycles. The molecule has 0 aliphatic heterocycles. The highest BCUT2D eigenvalue weighted by molar-refractivity contribution is 5.81. The van der Waals surface area contributed by atoms with E-state index >= 15 is 0 Å². The molecule has 0 fully saturated rings. The van der Waals surface area contributed by atoms with Gasteiger partial charge in [-0.25, -0.2) is 15.0 Å². The summed E-state index contributed by atoms with van der Waals surface area (Å²) in [6.07, 6.45) is 1.64. The number of anilines is 2. The Morgan fingerprint density at radius 1 is 0.550 bits per heavy atom. The van der Waals surface area contributed by atoms with E-state index in [0.29, 0.717) is 0 Å². The molecular weight excluding hydrogens is 488 g/mol. The SMILES string of the molecule is Cc1cc(C)cc(-c2ccc(N(C)c3c(C)c(C)c(-c4ncnc(-c5c(C)cccc5C)n4)c(C)c3C)cc2)c1. The summed E-state index contributed by atoms with van der Waals surface area (Å²) in [6.45, 7) is 17.3. The second kappa shape index (κ2) is 10.7. The van der Waals surface area contributed by atoms with Gasteiger partial charge in [0.15, 0.2) is 11.6 Å². The predicted octanol–water partition coefficient (Wildman–Crippen LogP) is 9.11. The van der Waals surface area contributed by atoms with Gasteiger partial charge in [-0.1, -0.05) is 59.7 Å². The molecule has 0 unspecified atom stereocenters. The number of aromatic nitrogens is 3. The van der Waals surface area contributed by atoms with Crippen LogP contribution < -0.4 is 4.90 Å². The molecule has 0 aliphatic rings. The van der Waals surface area contributed by atoms with Gasteiger partial charge in [0.25, 0.3) is 0 Å². The quantitative estimate of drug-likeness (QED) is 0.229. The van der Waals surface area contributed by atoms with E-state index in [9.17, 15) is 0 Å². The molecule has 1 aromatic heterocycles. The molecule has 0 saturated heterocycles. The Bertz CT molecular complexity index is 1660. The second-order valence-corrected chi connectivity index (χ2v) is 11.1. The summed E-state index contributed by atoms with van der Waals surface area (Å²) in [4.78, 5) is 16.5. The lowest BCUT2D eigenvalue weighted by atomic mass is 9.90. The van der Waals surface area contributed by atoms with Crippen molar-refractivity contribution >= 4 is 11.4 Å². The van der Waals surface area contributed by atoms with Crippen molar-refractivity contribution in [3.8, 4) is 33.9 Å². The topological polar surface area (TPSA) is 41.9 Å². The first kappa shape index (κ1) is 27.3. The molecule has 202 valence electrons. The summed E-state index contributed by atoms with van der Waals surface area (Å²) in [7, 11) is 2.15. The largest absolute Gasteiger partial charge is 0.344 e. The Labute approximate surface area is 238 Å². The van der Waals surface area contributed by atoms with E-state index in [-0.39, 0.29) is 0 Å². The lowest BCUT2D eigenvalue weighted by Crippen LogP contribution is -2.15. The Kier molecular flexibility index (Phi) is 7.29. The van der Waals surface area contributed by atoms with E-state index in [1.54, 1.807) is 6.33 Å². The van der Waals surface area contributed by atoms with Crippen molar-refractivity contribution in [3.63, 3.8) is 0 Å². The third-order valence-electron chi connectivity index (χ3n) is 8.23. The van der Waals surface area contributed by atoms with Crippen LogP contribution in [0.15, 0.2) is 67.0 Å². The Morgan fingerprint density at radius 3 is 1.62 bits per heavy atom. The normalized spacial score (nSPS) is 11.1. The van der Waals surface area contributed by atoms with Crippen molar-refractivity contribution in [1.82, 2.24) is 15.0 Å². The predicted molar refractivity (Wildman–Crippen MR) is 169 cm³/mol. The van der Waals surface area contributed by atoms with Crippen molar-refractivity contribution < 1.29 is 0 Å². The molecule has 0 radical (unpaired) electrons. The third kappa shape index (κ3) is 4.90. The molecule has 0 N–H and O–H groups in total. The summed E-state index contributed by atoms with van der Waals surface area (Å²) < 4.78 is 0. The molecule has 0 atom stereocenters. The molecule has 4 aromatic carbocycles. The van der Waals surface area contributed by atoms with Crippen LogP contribution in [0.1, 0.15) is 44.5 Å². The zero-order valence-electron chi connectivity index (χ0n) is 25.1. The van der Waals surface area contributed by atoms with E-state index in [0.717, 1.165) is 28.5 Å². The Morgan fingerprint density at radius 2 is 1.07 bits per heavy atom. The lowest BCUT2D eigenvalue weighted by Gasteiger charge is -2.28. The van der Waals surface area contributed by atoms with E-state index < -0.39 is 0 Å². The highest BCUT2D eigenvalue weighted by atomic mass is 15.1. The molecular formula is C36H38N4. The third-order valence-corrected chi connectivity index (χ3v) is 8.23.